The van der Waals surface area contributed by atoms with E-state index in [1.165, 1.54) is 0 Å². The maximum atomic E-state index is 12.8. The lowest BCUT2D eigenvalue weighted by Gasteiger charge is -2.17. The SMILES string of the molecule is Cc1cc(/C=C(\C#N)C(=O)OC(C(=O)NC2CC2)c2ccccc2)c(C)n1CC(C)C. The van der Waals surface area contributed by atoms with Crippen LogP contribution in [0.4, 0.5) is 0 Å². The Morgan fingerprint density at radius 3 is 2.52 bits per heavy atom. The first-order valence-corrected chi connectivity index (χ1v) is 10.6. The van der Waals surface area contributed by atoms with Crippen LogP contribution in [0, 0.1) is 31.1 Å². The zero-order valence-corrected chi connectivity index (χ0v) is 18.5. The van der Waals surface area contributed by atoms with E-state index in [2.05, 4.69) is 23.7 Å². The van der Waals surface area contributed by atoms with Gasteiger partial charge in [0.1, 0.15) is 11.6 Å². The molecule has 1 aliphatic carbocycles. The van der Waals surface area contributed by atoms with Crippen LogP contribution in [0.5, 0.6) is 0 Å². The molecule has 1 fully saturated rings. The first-order chi connectivity index (χ1) is 14.8. The monoisotopic (exact) mass is 419 g/mol. The van der Waals surface area contributed by atoms with Crippen molar-refractivity contribution >= 4 is 18.0 Å². The molecule has 0 bridgehead atoms. The first kappa shape index (κ1) is 22.4. The maximum Gasteiger partial charge on any atom is 0.350 e. The van der Waals surface area contributed by atoms with E-state index in [1.54, 1.807) is 30.3 Å². The van der Waals surface area contributed by atoms with Crippen LogP contribution >= 0.6 is 0 Å². The Morgan fingerprint density at radius 1 is 1.26 bits per heavy atom. The summed E-state index contributed by atoms with van der Waals surface area (Å²) in [5.41, 5.74) is 3.28. The summed E-state index contributed by atoms with van der Waals surface area (Å²) >= 11 is 0. The van der Waals surface area contributed by atoms with E-state index in [-0.39, 0.29) is 17.5 Å². The molecule has 31 heavy (non-hydrogen) atoms. The predicted molar refractivity (Wildman–Crippen MR) is 119 cm³/mol. The number of carbonyl (C=O) groups is 2. The molecule has 1 aromatic heterocycles. The van der Waals surface area contributed by atoms with E-state index < -0.39 is 12.1 Å². The number of carbonyl (C=O) groups excluding carboxylic acids is 2. The van der Waals surface area contributed by atoms with Crippen molar-refractivity contribution in [3.63, 3.8) is 0 Å². The first-order valence-electron chi connectivity index (χ1n) is 10.6. The molecule has 0 aliphatic heterocycles. The van der Waals surface area contributed by atoms with Crippen molar-refractivity contribution in [3.8, 4) is 6.07 Å². The number of rotatable bonds is 8. The zero-order valence-electron chi connectivity index (χ0n) is 18.5. The lowest BCUT2D eigenvalue weighted by atomic mass is 10.1. The minimum atomic E-state index is -1.10. The highest BCUT2D eigenvalue weighted by atomic mass is 16.5. The van der Waals surface area contributed by atoms with Gasteiger partial charge in [-0.2, -0.15) is 5.26 Å². The van der Waals surface area contributed by atoms with Crippen LogP contribution in [-0.2, 0) is 20.9 Å². The van der Waals surface area contributed by atoms with E-state index in [9.17, 15) is 14.9 Å². The van der Waals surface area contributed by atoms with Crippen molar-refractivity contribution in [2.24, 2.45) is 5.92 Å². The van der Waals surface area contributed by atoms with Gasteiger partial charge >= 0.3 is 5.97 Å². The van der Waals surface area contributed by atoms with Crippen LogP contribution in [0.15, 0.2) is 42.0 Å². The highest BCUT2D eigenvalue weighted by Gasteiger charge is 2.31. The number of nitriles is 1. The molecule has 0 spiro atoms. The van der Waals surface area contributed by atoms with E-state index in [1.807, 2.05) is 32.0 Å². The summed E-state index contributed by atoms with van der Waals surface area (Å²) in [4.78, 5) is 25.6. The number of esters is 1. The number of aryl methyl sites for hydroxylation is 1. The molecular weight excluding hydrogens is 390 g/mol. The molecule has 1 aromatic carbocycles. The van der Waals surface area contributed by atoms with E-state index in [4.69, 9.17) is 4.74 Å². The van der Waals surface area contributed by atoms with Gasteiger partial charge in [-0.15, -0.1) is 0 Å². The predicted octanol–water partition coefficient (Wildman–Crippen LogP) is 4.23. The summed E-state index contributed by atoms with van der Waals surface area (Å²) in [7, 11) is 0. The average molecular weight is 420 g/mol. The van der Waals surface area contributed by atoms with Gasteiger partial charge in [0, 0.05) is 29.5 Å². The van der Waals surface area contributed by atoms with Gasteiger partial charge in [-0.05, 0) is 50.3 Å². The third kappa shape index (κ3) is 5.64. The van der Waals surface area contributed by atoms with Crippen LogP contribution in [0.1, 0.15) is 55.3 Å². The Balaban J connectivity index is 1.85. The molecule has 0 radical (unpaired) electrons. The number of nitrogens with zero attached hydrogens (tertiary/aromatic N) is 2. The number of aromatic nitrogens is 1. The number of ether oxygens (including phenoxy) is 1. The van der Waals surface area contributed by atoms with Crippen LogP contribution in [-0.4, -0.2) is 22.5 Å². The highest BCUT2D eigenvalue weighted by molar-refractivity contribution is 5.99. The van der Waals surface area contributed by atoms with Crippen LogP contribution < -0.4 is 5.32 Å². The molecule has 3 rings (SSSR count). The third-order valence-electron chi connectivity index (χ3n) is 5.29. The van der Waals surface area contributed by atoms with Gasteiger partial charge in [0.25, 0.3) is 5.91 Å². The minimum absolute atomic E-state index is 0.134. The molecule has 1 saturated carbocycles. The lowest BCUT2D eigenvalue weighted by molar-refractivity contribution is -0.152. The lowest BCUT2D eigenvalue weighted by Crippen LogP contribution is -2.33. The smallest absolute Gasteiger partial charge is 0.350 e. The highest BCUT2D eigenvalue weighted by Crippen LogP contribution is 2.25. The second-order valence-corrected chi connectivity index (χ2v) is 8.48. The van der Waals surface area contributed by atoms with Gasteiger partial charge in [-0.3, -0.25) is 4.79 Å². The van der Waals surface area contributed by atoms with Crippen molar-refractivity contribution in [2.75, 3.05) is 0 Å². The Morgan fingerprint density at radius 2 is 1.94 bits per heavy atom. The summed E-state index contributed by atoms with van der Waals surface area (Å²) < 4.78 is 7.72. The van der Waals surface area contributed by atoms with Crippen molar-refractivity contribution < 1.29 is 14.3 Å². The third-order valence-corrected chi connectivity index (χ3v) is 5.29. The molecule has 6 heteroatoms. The van der Waals surface area contributed by atoms with Crippen molar-refractivity contribution in [2.45, 2.75) is 59.2 Å². The zero-order chi connectivity index (χ0) is 22.5. The van der Waals surface area contributed by atoms with E-state index in [0.717, 1.165) is 36.3 Å². The molecule has 1 unspecified atom stereocenters. The summed E-state index contributed by atoms with van der Waals surface area (Å²) in [6.45, 7) is 9.11. The average Bonchev–Trinajstić information content (AvgIpc) is 3.52. The van der Waals surface area contributed by atoms with Crippen molar-refractivity contribution in [1.82, 2.24) is 9.88 Å². The molecule has 1 amide bonds. The van der Waals surface area contributed by atoms with Crippen LogP contribution in [0.2, 0.25) is 0 Å². The fourth-order valence-electron chi connectivity index (χ4n) is 3.49. The fraction of sp³-hybridized carbons (Fsp3) is 0.400. The maximum absolute atomic E-state index is 12.8. The fourth-order valence-corrected chi connectivity index (χ4v) is 3.49. The number of amides is 1. The largest absolute Gasteiger partial charge is 0.443 e. The second-order valence-electron chi connectivity index (χ2n) is 8.48. The molecule has 1 atom stereocenters. The Hall–Kier alpha value is -3.33. The molecule has 1 aliphatic rings. The topological polar surface area (TPSA) is 84.1 Å². The molecular formula is C25H29N3O3. The van der Waals surface area contributed by atoms with Gasteiger partial charge in [0.05, 0.1) is 0 Å². The molecule has 2 aromatic rings. The quantitative estimate of drug-likeness (QED) is 0.394. The van der Waals surface area contributed by atoms with Gasteiger partial charge in [-0.25, -0.2) is 4.79 Å². The van der Waals surface area contributed by atoms with E-state index >= 15 is 0 Å². The molecule has 6 nitrogen and oxygen atoms in total. The second kappa shape index (κ2) is 9.65. The Bertz CT molecular complexity index is 1020. The van der Waals surface area contributed by atoms with Crippen molar-refractivity contribution in [3.05, 3.63) is 64.5 Å². The molecule has 1 heterocycles. The number of hydrogen-bond acceptors (Lipinski definition) is 4. The van der Waals surface area contributed by atoms with E-state index in [0.29, 0.717) is 11.5 Å². The summed E-state index contributed by atoms with van der Waals surface area (Å²) in [6, 6.07) is 12.9. The molecule has 162 valence electrons. The number of benzene rings is 1. The van der Waals surface area contributed by atoms with Gasteiger partial charge in [0.2, 0.25) is 6.10 Å². The normalized spacial score (nSPS) is 14.8. The minimum Gasteiger partial charge on any atom is -0.443 e. The van der Waals surface area contributed by atoms with Crippen LogP contribution in [0.25, 0.3) is 6.08 Å². The standard InChI is InChI=1S/C25H29N3O3/c1-16(2)15-28-17(3)12-20(18(28)4)13-21(14-26)25(30)31-23(19-8-6-5-7-9-19)24(29)27-22-10-11-22/h5-9,12-13,16,22-23H,10-11,15H2,1-4H3,(H,27,29)/b21-13+. The molecule has 0 saturated heterocycles. The van der Waals surface area contributed by atoms with Gasteiger partial charge in [0.15, 0.2) is 0 Å². The van der Waals surface area contributed by atoms with Gasteiger partial charge in [-0.1, -0.05) is 44.2 Å². The van der Waals surface area contributed by atoms with Crippen LogP contribution in [0.3, 0.4) is 0 Å². The van der Waals surface area contributed by atoms with Gasteiger partial charge < -0.3 is 14.6 Å². The summed E-state index contributed by atoms with van der Waals surface area (Å²) in [6.07, 6.45) is 2.30. The Kier molecular flexibility index (Phi) is 6.96. The summed E-state index contributed by atoms with van der Waals surface area (Å²) in [5.74, 6) is -0.705. The Labute approximate surface area is 183 Å². The van der Waals surface area contributed by atoms with Crippen molar-refractivity contribution in [1.29, 1.82) is 5.26 Å². The molecule has 1 N–H and O–H groups in total. The number of hydrogen-bond donors (Lipinski definition) is 1. The number of nitrogens with one attached hydrogen (secondary N) is 1. The summed E-state index contributed by atoms with van der Waals surface area (Å²) in [5, 5.41) is 12.5.